The predicted molar refractivity (Wildman–Crippen MR) is 119 cm³/mol. The number of amides is 2. The molecule has 3 aromatic heterocycles. The molecule has 0 radical (unpaired) electrons. The Kier molecular flexibility index (Phi) is 5.75. The highest BCUT2D eigenvalue weighted by Crippen LogP contribution is 2.33. The highest BCUT2D eigenvalue weighted by molar-refractivity contribution is 7.99. The number of thioether (sulfide) groups is 1. The minimum Gasteiger partial charge on any atom is -0.383 e. The maximum Gasteiger partial charge on any atom is 0.264 e. The molecule has 3 aromatic rings. The molecule has 1 aliphatic rings. The van der Waals surface area contributed by atoms with Gasteiger partial charge in [0.1, 0.15) is 10.6 Å². The first-order chi connectivity index (χ1) is 13.9. The number of nitrogens with zero attached hydrogens (tertiary/aromatic N) is 4. The first-order valence-electron chi connectivity index (χ1n) is 9.20. The standard InChI is InChI=1S/C19H21N5O2S3/c1-11-12(2)29-17-15(11)16(20)21-19(22-17)28-10-14(25)23-5-7-24(8-6-23)18(26)13-4-3-9-27-13/h3-4,9H,5-8,10H2,1-2H3,(H2,20,21,22). The van der Waals surface area contributed by atoms with Crippen LogP contribution in [0.15, 0.2) is 22.7 Å². The van der Waals surface area contributed by atoms with Crippen molar-refractivity contribution in [1.29, 1.82) is 0 Å². The molecular formula is C19H21N5O2S3. The van der Waals surface area contributed by atoms with Crippen LogP contribution in [0.1, 0.15) is 20.1 Å². The van der Waals surface area contributed by atoms with Crippen LogP contribution in [0.4, 0.5) is 5.82 Å². The summed E-state index contributed by atoms with van der Waals surface area (Å²) in [6, 6.07) is 3.71. The van der Waals surface area contributed by atoms with Crippen LogP contribution in [0.25, 0.3) is 10.2 Å². The molecule has 0 spiro atoms. The third-order valence-electron chi connectivity index (χ3n) is 5.01. The van der Waals surface area contributed by atoms with E-state index in [2.05, 4.69) is 9.97 Å². The number of hydrogen-bond acceptors (Lipinski definition) is 8. The van der Waals surface area contributed by atoms with E-state index in [-0.39, 0.29) is 17.6 Å². The lowest BCUT2D eigenvalue weighted by Gasteiger charge is -2.34. The Morgan fingerprint density at radius 1 is 1.17 bits per heavy atom. The maximum absolute atomic E-state index is 12.6. The van der Waals surface area contributed by atoms with Gasteiger partial charge in [-0.25, -0.2) is 9.97 Å². The van der Waals surface area contributed by atoms with E-state index in [4.69, 9.17) is 5.73 Å². The minimum absolute atomic E-state index is 0.0269. The zero-order valence-corrected chi connectivity index (χ0v) is 18.6. The van der Waals surface area contributed by atoms with Gasteiger partial charge in [-0.3, -0.25) is 9.59 Å². The Hall–Kier alpha value is -2.17. The van der Waals surface area contributed by atoms with Crippen molar-refractivity contribution < 1.29 is 9.59 Å². The van der Waals surface area contributed by atoms with Crippen molar-refractivity contribution in [2.45, 2.75) is 19.0 Å². The summed E-state index contributed by atoms with van der Waals surface area (Å²) in [5, 5.41) is 3.33. The molecule has 0 bridgehead atoms. The second-order valence-electron chi connectivity index (χ2n) is 6.79. The molecule has 4 rings (SSSR count). The molecule has 0 saturated carbocycles. The van der Waals surface area contributed by atoms with Gasteiger partial charge in [-0.2, -0.15) is 0 Å². The largest absolute Gasteiger partial charge is 0.383 e. The number of nitrogens with two attached hydrogens (primary N) is 1. The fourth-order valence-corrected chi connectivity index (χ4v) is 5.80. The highest BCUT2D eigenvalue weighted by atomic mass is 32.2. The Morgan fingerprint density at radius 2 is 1.90 bits per heavy atom. The number of anilines is 1. The molecular weight excluding hydrogens is 426 g/mol. The van der Waals surface area contributed by atoms with E-state index in [0.717, 1.165) is 20.7 Å². The average molecular weight is 448 g/mol. The van der Waals surface area contributed by atoms with E-state index in [0.29, 0.717) is 37.2 Å². The Balaban J connectivity index is 1.34. The molecule has 2 amide bonds. The van der Waals surface area contributed by atoms with Gasteiger partial charge in [0.2, 0.25) is 5.91 Å². The molecule has 1 aliphatic heterocycles. The van der Waals surface area contributed by atoms with Gasteiger partial charge in [0.25, 0.3) is 5.91 Å². The van der Waals surface area contributed by atoms with E-state index in [1.165, 1.54) is 28.0 Å². The number of thiophene rings is 2. The van der Waals surface area contributed by atoms with Gasteiger partial charge >= 0.3 is 0 Å². The molecule has 0 unspecified atom stereocenters. The zero-order chi connectivity index (χ0) is 20.5. The summed E-state index contributed by atoms with van der Waals surface area (Å²) < 4.78 is 0. The fraction of sp³-hybridized carbons (Fsp3) is 0.368. The third-order valence-corrected chi connectivity index (χ3v) is 7.80. The van der Waals surface area contributed by atoms with Crippen LogP contribution < -0.4 is 5.73 Å². The summed E-state index contributed by atoms with van der Waals surface area (Å²) in [4.78, 5) is 40.3. The van der Waals surface area contributed by atoms with E-state index < -0.39 is 0 Å². The first kappa shape index (κ1) is 20.1. The monoisotopic (exact) mass is 447 g/mol. The second-order valence-corrected chi connectivity index (χ2v) is 9.89. The molecule has 0 aromatic carbocycles. The number of carbonyl (C=O) groups excluding carboxylic acids is 2. The topological polar surface area (TPSA) is 92.4 Å². The number of hydrogen-bond donors (Lipinski definition) is 1. The van der Waals surface area contributed by atoms with Crippen LogP contribution in [0.2, 0.25) is 0 Å². The Labute approximate surface area is 180 Å². The van der Waals surface area contributed by atoms with Crippen LogP contribution in [0, 0.1) is 13.8 Å². The van der Waals surface area contributed by atoms with Gasteiger partial charge in [0.05, 0.1) is 16.0 Å². The molecule has 2 N–H and O–H groups in total. The number of fused-ring (bicyclic) bond motifs is 1. The summed E-state index contributed by atoms with van der Waals surface area (Å²) in [5.41, 5.74) is 7.23. The van der Waals surface area contributed by atoms with Crippen molar-refractivity contribution in [3.63, 3.8) is 0 Å². The van der Waals surface area contributed by atoms with Crippen molar-refractivity contribution in [2.24, 2.45) is 0 Å². The Morgan fingerprint density at radius 3 is 2.59 bits per heavy atom. The lowest BCUT2D eigenvalue weighted by Crippen LogP contribution is -2.51. The average Bonchev–Trinajstić information content (AvgIpc) is 3.34. The van der Waals surface area contributed by atoms with E-state index in [1.54, 1.807) is 16.2 Å². The third kappa shape index (κ3) is 4.10. The lowest BCUT2D eigenvalue weighted by atomic mass is 10.2. The van der Waals surface area contributed by atoms with E-state index >= 15 is 0 Å². The molecule has 0 atom stereocenters. The summed E-state index contributed by atoms with van der Waals surface area (Å²) in [6.45, 7) is 6.25. The SMILES string of the molecule is Cc1sc2nc(SCC(=O)N3CCN(C(=O)c4cccs4)CC3)nc(N)c2c1C. The number of aryl methyl sites for hydroxylation is 2. The molecule has 29 heavy (non-hydrogen) atoms. The molecule has 1 fully saturated rings. The van der Waals surface area contributed by atoms with Gasteiger partial charge in [-0.15, -0.1) is 22.7 Å². The van der Waals surface area contributed by atoms with Gasteiger partial charge < -0.3 is 15.5 Å². The molecule has 4 heterocycles. The van der Waals surface area contributed by atoms with Gasteiger partial charge in [-0.1, -0.05) is 17.8 Å². The van der Waals surface area contributed by atoms with Gasteiger partial charge in [0, 0.05) is 31.1 Å². The molecule has 7 nitrogen and oxygen atoms in total. The summed E-state index contributed by atoms with van der Waals surface area (Å²) in [6.07, 6.45) is 0. The predicted octanol–water partition coefficient (Wildman–Crippen LogP) is 3.03. The van der Waals surface area contributed by atoms with Crippen LogP contribution >= 0.6 is 34.4 Å². The van der Waals surface area contributed by atoms with Gasteiger partial charge in [0.15, 0.2) is 5.16 Å². The van der Waals surface area contributed by atoms with E-state index in [1.807, 2.05) is 36.3 Å². The van der Waals surface area contributed by atoms with Crippen LogP contribution in [0.5, 0.6) is 0 Å². The van der Waals surface area contributed by atoms with Crippen LogP contribution in [-0.4, -0.2) is 63.5 Å². The summed E-state index contributed by atoms with van der Waals surface area (Å²) >= 11 is 4.34. The number of carbonyl (C=O) groups is 2. The van der Waals surface area contributed by atoms with Crippen molar-refractivity contribution in [3.8, 4) is 0 Å². The molecule has 0 aliphatic carbocycles. The van der Waals surface area contributed by atoms with Crippen molar-refractivity contribution in [2.75, 3.05) is 37.7 Å². The summed E-state index contributed by atoms with van der Waals surface area (Å²) in [7, 11) is 0. The fourth-order valence-electron chi connectivity index (χ4n) is 3.26. The highest BCUT2D eigenvalue weighted by Gasteiger charge is 2.25. The molecule has 10 heteroatoms. The smallest absolute Gasteiger partial charge is 0.264 e. The molecule has 152 valence electrons. The normalized spacial score (nSPS) is 14.6. The van der Waals surface area contributed by atoms with Crippen molar-refractivity contribution >= 4 is 62.3 Å². The van der Waals surface area contributed by atoms with Crippen molar-refractivity contribution in [3.05, 3.63) is 32.8 Å². The first-order valence-corrected chi connectivity index (χ1v) is 11.9. The molecule has 1 saturated heterocycles. The number of aromatic nitrogens is 2. The van der Waals surface area contributed by atoms with Gasteiger partial charge in [-0.05, 0) is 30.9 Å². The van der Waals surface area contributed by atoms with Crippen molar-refractivity contribution in [1.82, 2.24) is 19.8 Å². The van der Waals surface area contributed by atoms with Crippen LogP contribution in [0.3, 0.4) is 0 Å². The second kappa shape index (κ2) is 8.29. The van der Waals surface area contributed by atoms with E-state index in [9.17, 15) is 9.59 Å². The Bertz CT molecular complexity index is 1060. The number of piperazine rings is 1. The summed E-state index contributed by atoms with van der Waals surface area (Å²) in [5.74, 6) is 0.791. The number of rotatable bonds is 4. The lowest BCUT2D eigenvalue weighted by molar-refractivity contribution is -0.129. The quantitative estimate of drug-likeness (QED) is 0.488. The number of nitrogen functional groups attached to an aromatic ring is 1. The zero-order valence-electron chi connectivity index (χ0n) is 16.2. The maximum atomic E-state index is 12.6. The van der Waals surface area contributed by atoms with Crippen LogP contribution in [-0.2, 0) is 4.79 Å². The minimum atomic E-state index is 0.0269.